The Kier molecular flexibility index (Phi) is 6.40. The van der Waals surface area contributed by atoms with E-state index in [9.17, 15) is 20.0 Å². The third-order valence-electron chi connectivity index (χ3n) is 5.09. The van der Waals surface area contributed by atoms with Crippen LogP contribution in [0, 0.1) is 10.1 Å². The van der Waals surface area contributed by atoms with Crippen molar-refractivity contribution >= 4 is 34.6 Å². The van der Waals surface area contributed by atoms with Crippen LogP contribution in [0.4, 0.5) is 17.1 Å². The lowest BCUT2D eigenvalue weighted by Gasteiger charge is -2.30. The lowest BCUT2D eigenvalue weighted by molar-refractivity contribution is -0.384. The fourth-order valence-electron chi connectivity index (χ4n) is 3.50. The maximum Gasteiger partial charge on any atom is 0.270 e. The Morgan fingerprint density at radius 2 is 1.94 bits per heavy atom. The molecule has 1 saturated heterocycles. The van der Waals surface area contributed by atoms with Gasteiger partial charge in [-0.2, -0.15) is 0 Å². The molecule has 1 fully saturated rings. The second kappa shape index (κ2) is 9.39. The van der Waals surface area contributed by atoms with Gasteiger partial charge in [0, 0.05) is 36.5 Å². The number of anilines is 2. The number of amides is 1. The standard InChI is InChI=1S/C22H20ClN3O6/c23-19-4-1-14(11-17(19)21-6-3-16(13-27)32-21)24-22(28)18-12-15(26(29)30)2-5-20(18)25-7-9-31-10-8-25/h1-6,11-12,27H,7-10,13H2,(H,24,28). The average Bonchev–Trinajstić information content (AvgIpc) is 3.29. The van der Waals surface area contributed by atoms with Crippen LogP contribution in [0.25, 0.3) is 11.3 Å². The van der Waals surface area contributed by atoms with Gasteiger partial charge >= 0.3 is 0 Å². The summed E-state index contributed by atoms with van der Waals surface area (Å²) in [6.07, 6.45) is 0. The van der Waals surface area contributed by atoms with Gasteiger partial charge in [0.2, 0.25) is 0 Å². The number of hydrogen-bond acceptors (Lipinski definition) is 7. The minimum Gasteiger partial charge on any atom is -0.459 e. The smallest absolute Gasteiger partial charge is 0.270 e. The molecule has 9 nitrogen and oxygen atoms in total. The first kappa shape index (κ1) is 21.8. The highest BCUT2D eigenvalue weighted by molar-refractivity contribution is 6.33. The average molecular weight is 458 g/mol. The molecule has 0 saturated carbocycles. The number of carbonyl (C=O) groups is 1. The normalized spacial score (nSPS) is 13.8. The number of nitro benzene ring substituents is 1. The van der Waals surface area contributed by atoms with Crippen LogP contribution in [0.5, 0.6) is 0 Å². The molecule has 10 heteroatoms. The van der Waals surface area contributed by atoms with Crippen molar-refractivity contribution in [2.24, 2.45) is 0 Å². The molecule has 0 bridgehead atoms. The zero-order chi connectivity index (χ0) is 22.7. The number of nitro groups is 1. The van der Waals surface area contributed by atoms with Crippen molar-refractivity contribution in [1.82, 2.24) is 0 Å². The van der Waals surface area contributed by atoms with Crippen LogP contribution in [-0.2, 0) is 11.3 Å². The number of nitrogens with zero attached hydrogens (tertiary/aromatic N) is 2. The van der Waals surface area contributed by atoms with Gasteiger partial charge in [0.25, 0.3) is 11.6 Å². The summed E-state index contributed by atoms with van der Waals surface area (Å²) in [6, 6.07) is 12.4. The van der Waals surface area contributed by atoms with E-state index in [0.717, 1.165) is 0 Å². The van der Waals surface area contributed by atoms with Gasteiger partial charge in [-0.25, -0.2) is 0 Å². The van der Waals surface area contributed by atoms with Gasteiger partial charge in [-0.15, -0.1) is 0 Å². The summed E-state index contributed by atoms with van der Waals surface area (Å²) < 4.78 is 10.9. The number of nitrogens with one attached hydrogen (secondary N) is 1. The van der Waals surface area contributed by atoms with Crippen molar-refractivity contribution < 1.29 is 24.0 Å². The molecular formula is C22H20ClN3O6. The fraction of sp³-hybridized carbons (Fsp3) is 0.227. The van der Waals surface area contributed by atoms with Gasteiger partial charge < -0.3 is 24.5 Å². The van der Waals surface area contributed by atoms with Gasteiger partial charge in [0.05, 0.1) is 34.4 Å². The van der Waals surface area contributed by atoms with Gasteiger partial charge in [0.15, 0.2) is 0 Å². The van der Waals surface area contributed by atoms with Crippen molar-refractivity contribution in [2.45, 2.75) is 6.61 Å². The van der Waals surface area contributed by atoms with Crippen LogP contribution in [0.1, 0.15) is 16.1 Å². The van der Waals surface area contributed by atoms with Crippen molar-refractivity contribution in [3.05, 3.63) is 75.0 Å². The highest BCUT2D eigenvalue weighted by atomic mass is 35.5. The van der Waals surface area contributed by atoms with Crippen molar-refractivity contribution in [3.63, 3.8) is 0 Å². The van der Waals surface area contributed by atoms with Gasteiger partial charge in [-0.05, 0) is 36.4 Å². The zero-order valence-corrected chi connectivity index (χ0v) is 17.7. The largest absolute Gasteiger partial charge is 0.459 e. The van der Waals surface area contributed by atoms with E-state index in [4.69, 9.17) is 20.8 Å². The second-order valence-electron chi connectivity index (χ2n) is 7.13. The summed E-state index contributed by atoms with van der Waals surface area (Å²) in [5.74, 6) is 0.343. The number of benzene rings is 2. The Bertz CT molecular complexity index is 1160. The molecule has 0 unspecified atom stereocenters. The van der Waals surface area contributed by atoms with Crippen molar-refractivity contribution in [1.29, 1.82) is 0 Å². The van der Waals surface area contributed by atoms with E-state index in [1.54, 1.807) is 36.4 Å². The van der Waals surface area contributed by atoms with Crippen molar-refractivity contribution in [3.8, 4) is 11.3 Å². The lowest BCUT2D eigenvalue weighted by Crippen LogP contribution is -2.37. The molecule has 2 heterocycles. The minimum absolute atomic E-state index is 0.170. The van der Waals surface area contributed by atoms with E-state index in [1.807, 2.05) is 4.90 Å². The van der Waals surface area contributed by atoms with Crippen LogP contribution in [0.2, 0.25) is 5.02 Å². The predicted molar refractivity (Wildman–Crippen MR) is 119 cm³/mol. The number of carbonyl (C=O) groups excluding carboxylic acids is 1. The third kappa shape index (κ3) is 4.59. The van der Waals surface area contributed by atoms with E-state index >= 15 is 0 Å². The molecular weight excluding hydrogens is 438 g/mol. The maximum atomic E-state index is 13.2. The van der Waals surface area contributed by atoms with Crippen molar-refractivity contribution in [2.75, 3.05) is 36.5 Å². The number of morpholine rings is 1. The summed E-state index contributed by atoms with van der Waals surface area (Å²) in [5.41, 5.74) is 1.60. The fourth-order valence-corrected chi connectivity index (χ4v) is 3.71. The molecule has 3 aromatic rings. The van der Waals surface area contributed by atoms with Gasteiger partial charge in [-0.3, -0.25) is 14.9 Å². The first-order valence-corrected chi connectivity index (χ1v) is 10.3. The molecule has 1 aliphatic heterocycles. The molecule has 0 spiro atoms. The molecule has 2 aromatic carbocycles. The number of rotatable bonds is 6. The summed E-state index contributed by atoms with van der Waals surface area (Å²) in [5, 5.41) is 23.7. The number of furan rings is 1. The Morgan fingerprint density at radius 3 is 2.62 bits per heavy atom. The number of ether oxygens (including phenoxy) is 1. The SMILES string of the molecule is O=C(Nc1ccc(Cl)c(-c2ccc(CO)o2)c1)c1cc([N+](=O)[O-])ccc1N1CCOCC1. The Hall–Kier alpha value is -3.40. The van der Waals surface area contributed by atoms with Crippen LogP contribution >= 0.6 is 11.6 Å². The Balaban J connectivity index is 1.65. The van der Waals surface area contributed by atoms with Gasteiger partial charge in [-0.1, -0.05) is 11.6 Å². The summed E-state index contributed by atoms with van der Waals surface area (Å²) in [6.45, 7) is 1.93. The molecule has 0 radical (unpaired) electrons. The lowest BCUT2D eigenvalue weighted by atomic mass is 10.1. The highest BCUT2D eigenvalue weighted by Gasteiger charge is 2.22. The summed E-state index contributed by atoms with van der Waals surface area (Å²) in [7, 11) is 0. The Morgan fingerprint density at radius 1 is 1.16 bits per heavy atom. The molecule has 1 aliphatic rings. The van der Waals surface area contributed by atoms with E-state index in [1.165, 1.54) is 12.1 Å². The van der Waals surface area contributed by atoms with E-state index in [2.05, 4.69) is 5.32 Å². The predicted octanol–water partition coefficient (Wildman–Crippen LogP) is 4.09. The molecule has 0 aliphatic carbocycles. The monoisotopic (exact) mass is 457 g/mol. The van der Waals surface area contributed by atoms with Crippen LogP contribution < -0.4 is 10.2 Å². The Labute approximate surface area is 188 Å². The molecule has 0 atom stereocenters. The quantitative estimate of drug-likeness (QED) is 0.422. The number of hydrogen-bond donors (Lipinski definition) is 2. The summed E-state index contributed by atoms with van der Waals surface area (Å²) >= 11 is 6.29. The second-order valence-corrected chi connectivity index (χ2v) is 7.54. The highest BCUT2D eigenvalue weighted by Crippen LogP contribution is 2.33. The van der Waals surface area contributed by atoms with Crippen LogP contribution in [0.3, 0.4) is 0 Å². The third-order valence-corrected chi connectivity index (χ3v) is 5.42. The van der Waals surface area contributed by atoms with E-state index < -0.39 is 10.8 Å². The molecule has 32 heavy (non-hydrogen) atoms. The minimum atomic E-state index is -0.532. The molecule has 1 amide bonds. The molecule has 166 valence electrons. The zero-order valence-electron chi connectivity index (χ0n) is 16.9. The number of halogens is 1. The number of aliphatic hydroxyl groups is 1. The maximum absolute atomic E-state index is 13.2. The molecule has 1 aromatic heterocycles. The summed E-state index contributed by atoms with van der Waals surface area (Å²) in [4.78, 5) is 25.9. The first-order valence-electron chi connectivity index (χ1n) is 9.88. The first-order chi connectivity index (χ1) is 15.5. The molecule has 4 rings (SSSR count). The van der Waals surface area contributed by atoms with E-state index in [-0.39, 0.29) is 17.9 Å². The van der Waals surface area contributed by atoms with E-state index in [0.29, 0.717) is 59.8 Å². The topological polar surface area (TPSA) is 118 Å². The van der Waals surface area contributed by atoms with Gasteiger partial charge in [0.1, 0.15) is 18.1 Å². The number of aliphatic hydroxyl groups excluding tert-OH is 1. The van der Waals surface area contributed by atoms with Crippen LogP contribution in [-0.4, -0.2) is 42.2 Å². The number of non-ortho nitro benzene ring substituents is 1. The molecule has 2 N–H and O–H groups in total. The van der Waals surface area contributed by atoms with Crippen LogP contribution in [0.15, 0.2) is 52.9 Å².